The minimum absolute atomic E-state index is 0.0733. The molecule has 6 bridgehead atoms. The molecule has 0 unspecified atom stereocenters. The molecule has 4 aliphatic rings. The van der Waals surface area contributed by atoms with Gasteiger partial charge in [0.2, 0.25) is 0 Å². The maximum absolute atomic E-state index is 14.3. The molecule has 15 heteroatoms. The van der Waals surface area contributed by atoms with Crippen molar-refractivity contribution in [3.8, 4) is 0 Å². The summed E-state index contributed by atoms with van der Waals surface area (Å²) in [5.74, 6) is -2.60. The summed E-state index contributed by atoms with van der Waals surface area (Å²) in [6, 6.07) is -0.993. The highest BCUT2D eigenvalue weighted by molar-refractivity contribution is 5.73. The van der Waals surface area contributed by atoms with Crippen LogP contribution < -0.4 is 10.6 Å². The third-order valence-electron chi connectivity index (χ3n) is 13.2. The predicted octanol–water partition coefficient (Wildman–Crippen LogP) is 1.29. The Kier molecular flexibility index (Phi) is 15.7. The van der Waals surface area contributed by atoms with Crippen LogP contribution in [0.5, 0.6) is 0 Å². The first-order valence-corrected chi connectivity index (χ1v) is 20.6. The zero-order valence-corrected chi connectivity index (χ0v) is 35.5. The van der Waals surface area contributed by atoms with E-state index < -0.39 is 108 Å². The quantitative estimate of drug-likeness (QED) is 0.144. The number of rotatable bonds is 7. The second kappa shape index (κ2) is 18.5. The summed E-state index contributed by atoms with van der Waals surface area (Å²) in [6.45, 7) is 17.2. The van der Waals surface area contributed by atoms with Gasteiger partial charge in [-0.3, -0.25) is 4.79 Å². The van der Waals surface area contributed by atoms with Crippen LogP contribution in [-0.4, -0.2) is 167 Å². The van der Waals surface area contributed by atoms with Gasteiger partial charge in [-0.1, -0.05) is 27.7 Å². The number of carbonyl (C=O) groups is 1. The zero-order valence-electron chi connectivity index (χ0n) is 35.5. The Morgan fingerprint density at radius 3 is 2.24 bits per heavy atom. The molecule has 0 aliphatic carbocycles. The molecular formula is C40H75N3O12. The SMILES string of the molecule is CCCNC[C@]1(O)[C@H](C)O[C@@H]2C[C@]1(OC)C[C@@H]1C[C@H](N(C)C)[C@@H](O)[C@@H](O1)O[C@@H]1[C@@H](C)[C@H](O2)[C@@H](C)C(=O)O[C@H](CC)[C@@](C)(O)[C@H](O)[C@@H](C)NC[C@H](C)C[C@@]1(C)O. The van der Waals surface area contributed by atoms with E-state index in [-0.39, 0.29) is 38.1 Å². The van der Waals surface area contributed by atoms with E-state index in [1.807, 2.05) is 39.8 Å². The molecule has 55 heavy (non-hydrogen) atoms. The summed E-state index contributed by atoms with van der Waals surface area (Å²) in [7, 11) is 5.32. The molecule has 4 aliphatic heterocycles. The van der Waals surface area contributed by atoms with Crippen molar-refractivity contribution in [1.82, 2.24) is 15.5 Å². The smallest absolute Gasteiger partial charge is 0.311 e. The molecule has 4 rings (SSSR count). The molecule has 0 aromatic carbocycles. The Hall–Kier alpha value is -1.05. The topological polar surface area (TPSA) is 201 Å². The molecule has 0 aromatic heterocycles. The molecule has 0 saturated carbocycles. The van der Waals surface area contributed by atoms with Crippen molar-refractivity contribution in [3.63, 3.8) is 0 Å². The van der Waals surface area contributed by atoms with Crippen LogP contribution in [0, 0.1) is 17.8 Å². The number of cyclic esters (lactones) is 1. The Morgan fingerprint density at radius 2 is 1.64 bits per heavy atom. The number of carbonyl (C=O) groups excluding carboxylic acids is 1. The number of fused-ring (bicyclic) bond motifs is 6. The second-order valence-electron chi connectivity index (χ2n) is 18.0. The van der Waals surface area contributed by atoms with Crippen LogP contribution in [0.25, 0.3) is 0 Å². The first-order chi connectivity index (χ1) is 25.6. The fourth-order valence-electron chi connectivity index (χ4n) is 9.81. The number of hydrogen-bond acceptors (Lipinski definition) is 15. The molecule has 0 amide bonds. The van der Waals surface area contributed by atoms with E-state index in [9.17, 15) is 30.3 Å². The molecular weight excluding hydrogens is 714 g/mol. The van der Waals surface area contributed by atoms with E-state index >= 15 is 0 Å². The average Bonchev–Trinajstić information content (AvgIpc) is 3.11. The van der Waals surface area contributed by atoms with Gasteiger partial charge in [-0.2, -0.15) is 0 Å². The molecule has 0 aromatic rings. The monoisotopic (exact) mass is 790 g/mol. The molecule has 4 fully saturated rings. The molecule has 15 nitrogen and oxygen atoms in total. The van der Waals surface area contributed by atoms with Crippen LogP contribution in [0.4, 0.5) is 0 Å². The predicted molar refractivity (Wildman–Crippen MR) is 205 cm³/mol. The lowest BCUT2D eigenvalue weighted by atomic mass is 9.70. The Labute approximate surface area is 329 Å². The third kappa shape index (κ3) is 9.71. The molecule has 4 heterocycles. The summed E-state index contributed by atoms with van der Waals surface area (Å²) in [5.41, 5.74) is -6.18. The van der Waals surface area contributed by atoms with Gasteiger partial charge in [0.05, 0.1) is 35.9 Å². The first kappa shape index (κ1) is 46.6. The van der Waals surface area contributed by atoms with E-state index in [0.717, 1.165) is 6.42 Å². The number of nitrogens with zero attached hydrogens (tertiary/aromatic N) is 1. The number of methoxy groups -OCH3 is 1. The lowest BCUT2D eigenvalue weighted by Crippen LogP contribution is -2.72. The van der Waals surface area contributed by atoms with Gasteiger partial charge in [-0.05, 0) is 93.4 Å². The summed E-state index contributed by atoms with van der Waals surface area (Å²) >= 11 is 0. The largest absolute Gasteiger partial charge is 0.459 e. The van der Waals surface area contributed by atoms with Crippen molar-refractivity contribution in [3.05, 3.63) is 0 Å². The number of aliphatic hydroxyl groups is 5. The maximum Gasteiger partial charge on any atom is 0.311 e. The van der Waals surface area contributed by atoms with Crippen LogP contribution in [0.3, 0.4) is 0 Å². The van der Waals surface area contributed by atoms with Crippen molar-refractivity contribution in [2.45, 2.75) is 191 Å². The van der Waals surface area contributed by atoms with Gasteiger partial charge in [0.15, 0.2) is 12.6 Å². The standard InChI is InChI=1S/C40H75N3O12/c1-13-15-41-21-40(49)26(7)51-30-19-39(40,50-12)18-27-16-28(43(10)11)31(44)36(52-27)55-34-23(4)32(54-30)24(5)35(46)53-29(14-2)38(9,48)33(45)25(6)42-20-22(3)17-37(34,8)47/h22-34,36,41-42,44-45,47-49H,13-21H2,1-12H3/t22-,23+,24-,25-,26+,27+,28+,29-,30+,31-,32+,33-,34-,36+,37-,38-,39-,40+/m1/s1. The normalized spacial score (nSPS) is 49.5. The molecule has 0 radical (unpaired) electrons. The summed E-state index contributed by atoms with van der Waals surface area (Å²) in [6.07, 6.45) is -7.10. The second-order valence-corrected chi connectivity index (χ2v) is 18.0. The van der Waals surface area contributed by atoms with Crippen molar-refractivity contribution >= 4 is 5.97 Å². The van der Waals surface area contributed by atoms with Gasteiger partial charge >= 0.3 is 5.97 Å². The van der Waals surface area contributed by atoms with Gasteiger partial charge in [-0.25, -0.2) is 0 Å². The van der Waals surface area contributed by atoms with Crippen molar-refractivity contribution < 1.29 is 58.7 Å². The highest BCUT2D eigenvalue weighted by atomic mass is 16.7. The van der Waals surface area contributed by atoms with Crippen LogP contribution in [-0.2, 0) is 33.2 Å². The van der Waals surface area contributed by atoms with Gasteiger partial charge in [-0.15, -0.1) is 0 Å². The van der Waals surface area contributed by atoms with E-state index in [1.165, 1.54) is 6.92 Å². The van der Waals surface area contributed by atoms with Crippen molar-refractivity contribution in [1.29, 1.82) is 0 Å². The molecule has 18 atom stereocenters. The average molecular weight is 790 g/mol. The lowest BCUT2D eigenvalue weighted by molar-refractivity contribution is -0.358. The number of aliphatic hydroxyl groups excluding tert-OH is 2. The molecule has 4 saturated heterocycles. The van der Waals surface area contributed by atoms with Crippen LogP contribution >= 0.6 is 0 Å². The van der Waals surface area contributed by atoms with E-state index in [0.29, 0.717) is 19.5 Å². The Balaban J connectivity index is 1.91. The van der Waals surface area contributed by atoms with E-state index in [4.69, 9.17) is 28.4 Å². The number of likely N-dealkylation sites (N-methyl/N-ethyl adjacent to an activating group) is 1. The molecule has 322 valence electrons. The van der Waals surface area contributed by atoms with Crippen molar-refractivity contribution in [2.75, 3.05) is 40.8 Å². The number of esters is 1. The summed E-state index contributed by atoms with van der Waals surface area (Å²) in [5, 5.41) is 66.7. The molecule has 0 spiro atoms. The third-order valence-corrected chi connectivity index (χ3v) is 13.2. The van der Waals surface area contributed by atoms with Crippen molar-refractivity contribution in [2.24, 2.45) is 17.8 Å². The highest BCUT2D eigenvalue weighted by Gasteiger charge is 2.62. The minimum Gasteiger partial charge on any atom is -0.459 e. The summed E-state index contributed by atoms with van der Waals surface area (Å²) in [4.78, 5) is 16.2. The number of hydrogen-bond donors (Lipinski definition) is 7. The van der Waals surface area contributed by atoms with E-state index in [2.05, 4.69) is 10.6 Å². The van der Waals surface area contributed by atoms with Gasteiger partial charge in [0.1, 0.15) is 35.1 Å². The summed E-state index contributed by atoms with van der Waals surface area (Å²) < 4.78 is 39.3. The molecule has 7 N–H and O–H groups in total. The highest BCUT2D eigenvalue weighted by Crippen LogP contribution is 2.47. The lowest BCUT2D eigenvalue weighted by Gasteiger charge is -2.57. The Bertz CT molecular complexity index is 1240. The fourth-order valence-corrected chi connectivity index (χ4v) is 9.81. The van der Waals surface area contributed by atoms with Crippen LogP contribution in [0.15, 0.2) is 0 Å². The minimum atomic E-state index is -1.81. The van der Waals surface area contributed by atoms with Gasteiger partial charge in [0, 0.05) is 44.5 Å². The zero-order chi connectivity index (χ0) is 41.3. The number of nitrogens with one attached hydrogen (secondary N) is 2. The maximum atomic E-state index is 14.3. The fraction of sp³-hybridized carbons (Fsp3) is 0.975. The van der Waals surface area contributed by atoms with Crippen LogP contribution in [0.2, 0.25) is 0 Å². The van der Waals surface area contributed by atoms with Gasteiger partial charge in [0.25, 0.3) is 0 Å². The van der Waals surface area contributed by atoms with Crippen LogP contribution in [0.1, 0.15) is 101 Å². The Morgan fingerprint density at radius 1 is 0.964 bits per heavy atom. The van der Waals surface area contributed by atoms with E-state index in [1.54, 1.807) is 41.7 Å². The number of ether oxygens (including phenoxy) is 6. The first-order valence-electron chi connectivity index (χ1n) is 20.6. The van der Waals surface area contributed by atoms with Gasteiger partial charge < -0.3 is 69.5 Å².